The van der Waals surface area contributed by atoms with E-state index in [4.69, 9.17) is 11.5 Å². The smallest absolute Gasteiger partial charge is 0.240 e. The van der Waals surface area contributed by atoms with Crippen LogP contribution in [0.1, 0.15) is 0 Å². The lowest BCUT2D eigenvalue weighted by Gasteiger charge is -2.07. The maximum Gasteiger partial charge on any atom is 0.240 e. The molecular formula is C9H13N3O3S2. The van der Waals surface area contributed by atoms with Crippen molar-refractivity contribution in [2.24, 2.45) is 5.73 Å². The standard InChI is InChI=1S/C9H13N3O3S2/c1-12-17(14,15)6-2-3-8(7(10)4-6)16-5-9(11)13/h2-4,12H,5,10H2,1H3,(H2,11,13). The van der Waals surface area contributed by atoms with Gasteiger partial charge in [0.05, 0.1) is 10.6 Å². The van der Waals surface area contributed by atoms with E-state index < -0.39 is 15.9 Å². The minimum absolute atomic E-state index is 0.0842. The Kier molecular flexibility index (Phi) is 4.38. The predicted molar refractivity (Wildman–Crippen MR) is 67.0 cm³/mol. The second-order valence-corrected chi connectivity index (χ2v) is 6.07. The molecule has 0 bridgehead atoms. The van der Waals surface area contributed by atoms with Crippen molar-refractivity contribution in [1.29, 1.82) is 0 Å². The zero-order valence-electron chi connectivity index (χ0n) is 9.14. The molecule has 0 unspecified atom stereocenters. The van der Waals surface area contributed by atoms with Crippen molar-refractivity contribution in [2.45, 2.75) is 9.79 Å². The predicted octanol–water partition coefficient (Wildman–Crippen LogP) is -0.246. The molecule has 0 heterocycles. The number of amides is 1. The van der Waals surface area contributed by atoms with E-state index in [1.165, 1.54) is 30.9 Å². The molecule has 0 saturated carbocycles. The molecule has 0 aliphatic heterocycles. The van der Waals surface area contributed by atoms with Crippen LogP contribution in [0.3, 0.4) is 0 Å². The first-order valence-electron chi connectivity index (χ1n) is 4.61. The number of carbonyl (C=O) groups is 1. The Hall–Kier alpha value is -1.25. The fraction of sp³-hybridized carbons (Fsp3) is 0.222. The minimum atomic E-state index is -3.50. The van der Waals surface area contributed by atoms with E-state index >= 15 is 0 Å². The van der Waals surface area contributed by atoms with Crippen LogP contribution in [0.15, 0.2) is 28.0 Å². The third-order valence-electron chi connectivity index (χ3n) is 1.93. The zero-order chi connectivity index (χ0) is 13.1. The van der Waals surface area contributed by atoms with Crippen molar-refractivity contribution < 1.29 is 13.2 Å². The molecule has 1 aromatic rings. The van der Waals surface area contributed by atoms with Gasteiger partial charge in [-0.25, -0.2) is 13.1 Å². The van der Waals surface area contributed by atoms with Gasteiger partial charge in [0.15, 0.2) is 0 Å². The Balaban J connectivity index is 2.98. The van der Waals surface area contributed by atoms with Crippen molar-refractivity contribution in [1.82, 2.24) is 4.72 Å². The van der Waals surface area contributed by atoms with Gasteiger partial charge in [0.1, 0.15) is 0 Å². The van der Waals surface area contributed by atoms with Crippen LogP contribution in [0.5, 0.6) is 0 Å². The summed E-state index contributed by atoms with van der Waals surface area (Å²) in [6, 6.07) is 4.31. The summed E-state index contributed by atoms with van der Waals surface area (Å²) in [7, 11) is -2.18. The second kappa shape index (κ2) is 5.39. The summed E-state index contributed by atoms with van der Waals surface area (Å²) in [5, 5.41) is 0. The molecule has 8 heteroatoms. The van der Waals surface area contributed by atoms with E-state index in [9.17, 15) is 13.2 Å². The van der Waals surface area contributed by atoms with Gasteiger partial charge in [0.2, 0.25) is 15.9 Å². The van der Waals surface area contributed by atoms with Crippen molar-refractivity contribution in [3.63, 3.8) is 0 Å². The average Bonchev–Trinajstić information content (AvgIpc) is 2.27. The Labute approximate surface area is 104 Å². The van der Waals surface area contributed by atoms with Crippen LogP contribution in [0.25, 0.3) is 0 Å². The first kappa shape index (κ1) is 13.8. The van der Waals surface area contributed by atoms with Crippen LogP contribution < -0.4 is 16.2 Å². The van der Waals surface area contributed by atoms with Crippen LogP contribution in [-0.2, 0) is 14.8 Å². The number of benzene rings is 1. The van der Waals surface area contributed by atoms with Crippen LogP contribution in [0.4, 0.5) is 5.69 Å². The number of nitrogens with two attached hydrogens (primary N) is 2. The molecule has 0 saturated heterocycles. The molecule has 0 aromatic heterocycles. The Morgan fingerprint density at radius 1 is 1.47 bits per heavy atom. The van der Waals surface area contributed by atoms with Gasteiger partial charge in [-0.3, -0.25) is 4.79 Å². The number of hydrogen-bond donors (Lipinski definition) is 3. The first-order chi connectivity index (χ1) is 7.86. The SMILES string of the molecule is CNS(=O)(=O)c1ccc(SCC(N)=O)c(N)c1. The van der Waals surface area contributed by atoms with Crippen molar-refractivity contribution >= 4 is 33.4 Å². The highest BCUT2D eigenvalue weighted by Crippen LogP contribution is 2.27. The lowest BCUT2D eigenvalue weighted by molar-refractivity contribution is -0.115. The highest BCUT2D eigenvalue weighted by molar-refractivity contribution is 8.00. The molecule has 1 rings (SSSR count). The van der Waals surface area contributed by atoms with Gasteiger partial charge in [-0.05, 0) is 25.2 Å². The van der Waals surface area contributed by atoms with Crippen LogP contribution in [-0.4, -0.2) is 27.1 Å². The van der Waals surface area contributed by atoms with Crippen molar-refractivity contribution in [3.05, 3.63) is 18.2 Å². The topological polar surface area (TPSA) is 115 Å². The van der Waals surface area contributed by atoms with Gasteiger partial charge in [0.25, 0.3) is 0 Å². The monoisotopic (exact) mass is 275 g/mol. The Morgan fingerprint density at radius 3 is 2.59 bits per heavy atom. The molecular weight excluding hydrogens is 262 g/mol. The van der Waals surface area contributed by atoms with E-state index in [1.54, 1.807) is 6.07 Å². The maximum absolute atomic E-state index is 11.5. The third kappa shape index (κ3) is 3.62. The number of nitrogen functional groups attached to an aromatic ring is 1. The molecule has 94 valence electrons. The summed E-state index contributed by atoms with van der Waals surface area (Å²) in [5.74, 6) is -0.358. The molecule has 0 atom stereocenters. The molecule has 17 heavy (non-hydrogen) atoms. The molecule has 0 aliphatic rings. The number of carbonyl (C=O) groups excluding carboxylic acids is 1. The summed E-state index contributed by atoms with van der Waals surface area (Å²) in [5.41, 5.74) is 11.0. The number of primary amides is 1. The zero-order valence-corrected chi connectivity index (χ0v) is 10.8. The highest BCUT2D eigenvalue weighted by Gasteiger charge is 2.13. The van der Waals surface area contributed by atoms with Gasteiger partial charge in [-0.15, -0.1) is 11.8 Å². The van der Waals surface area contributed by atoms with Gasteiger partial charge < -0.3 is 11.5 Å². The normalized spacial score (nSPS) is 11.4. The Morgan fingerprint density at radius 2 is 2.12 bits per heavy atom. The fourth-order valence-corrected chi connectivity index (χ4v) is 2.54. The van der Waals surface area contributed by atoms with E-state index in [-0.39, 0.29) is 10.6 Å². The number of nitrogens with one attached hydrogen (secondary N) is 1. The van der Waals surface area contributed by atoms with E-state index in [0.717, 1.165) is 0 Å². The van der Waals surface area contributed by atoms with Gasteiger partial charge >= 0.3 is 0 Å². The fourth-order valence-electron chi connectivity index (χ4n) is 1.09. The molecule has 0 radical (unpaired) electrons. The molecule has 0 spiro atoms. The van der Waals surface area contributed by atoms with Crippen LogP contribution in [0, 0.1) is 0 Å². The van der Waals surface area contributed by atoms with Crippen molar-refractivity contribution in [3.8, 4) is 0 Å². The van der Waals surface area contributed by atoms with Crippen LogP contribution >= 0.6 is 11.8 Å². The summed E-state index contributed by atoms with van der Waals surface area (Å²) in [6.45, 7) is 0. The second-order valence-electron chi connectivity index (χ2n) is 3.16. The van der Waals surface area contributed by atoms with E-state index in [0.29, 0.717) is 10.6 Å². The molecule has 1 amide bonds. The largest absolute Gasteiger partial charge is 0.398 e. The molecule has 6 nitrogen and oxygen atoms in total. The van der Waals surface area contributed by atoms with Gasteiger partial charge in [0, 0.05) is 10.6 Å². The quantitative estimate of drug-likeness (QED) is 0.506. The molecule has 5 N–H and O–H groups in total. The number of anilines is 1. The number of rotatable bonds is 5. The summed E-state index contributed by atoms with van der Waals surface area (Å²) in [6.07, 6.45) is 0. The molecule has 1 aromatic carbocycles. The first-order valence-corrected chi connectivity index (χ1v) is 7.08. The lowest BCUT2D eigenvalue weighted by Crippen LogP contribution is -2.18. The summed E-state index contributed by atoms with van der Waals surface area (Å²) >= 11 is 1.17. The van der Waals surface area contributed by atoms with Crippen LogP contribution in [0.2, 0.25) is 0 Å². The van der Waals surface area contributed by atoms with E-state index in [2.05, 4.69) is 4.72 Å². The summed E-state index contributed by atoms with van der Waals surface area (Å²) < 4.78 is 25.2. The molecule has 0 fully saturated rings. The van der Waals surface area contributed by atoms with Gasteiger partial charge in [-0.2, -0.15) is 0 Å². The Bertz CT molecular complexity index is 528. The number of thioether (sulfide) groups is 1. The number of hydrogen-bond acceptors (Lipinski definition) is 5. The lowest BCUT2D eigenvalue weighted by atomic mass is 10.3. The maximum atomic E-state index is 11.5. The summed E-state index contributed by atoms with van der Waals surface area (Å²) in [4.78, 5) is 11.3. The molecule has 0 aliphatic carbocycles. The van der Waals surface area contributed by atoms with Gasteiger partial charge in [-0.1, -0.05) is 0 Å². The van der Waals surface area contributed by atoms with E-state index in [1.807, 2.05) is 0 Å². The highest BCUT2D eigenvalue weighted by atomic mass is 32.2. The number of sulfonamides is 1. The third-order valence-corrected chi connectivity index (χ3v) is 4.45. The minimum Gasteiger partial charge on any atom is -0.398 e. The van der Waals surface area contributed by atoms with Crippen molar-refractivity contribution in [2.75, 3.05) is 18.5 Å². The average molecular weight is 275 g/mol.